The van der Waals surface area contributed by atoms with E-state index in [1.165, 1.54) is 17.5 Å². The Balaban J connectivity index is 1.63. The second kappa shape index (κ2) is 7.12. The van der Waals surface area contributed by atoms with Crippen LogP contribution >= 0.6 is 11.3 Å². The first kappa shape index (κ1) is 17.1. The molecular weight excluding hydrogens is 364 g/mol. The highest BCUT2D eigenvalue weighted by atomic mass is 32.1. The van der Waals surface area contributed by atoms with Crippen molar-refractivity contribution in [3.8, 4) is 11.4 Å². The van der Waals surface area contributed by atoms with Crippen LogP contribution in [-0.2, 0) is 4.74 Å². The van der Waals surface area contributed by atoms with Gasteiger partial charge in [0.2, 0.25) is 5.95 Å². The number of ether oxygens (including phenoxy) is 1. The Morgan fingerprint density at radius 2 is 2.15 bits per heavy atom. The lowest BCUT2D eigenvalue weighted by Crippen LogP contribution is -2.01. The number of fused-ring (bicyclic) bond motifs is 1. The van der Waals surface area contributed by atoms with Crippen LogP contribution in [0.5, 0.6) is 0 Å². The van der Waals surface area contributed by atoms with Crippen LogP contribution in [0.2, 0.25) is 0 Å². The first-order valence-corrected chi connectivity index (χ1v) is 9.14. The zero-order valence-electron chi connectivity index (χ0n) is 14.7. The monoisotopic (exact) mass is 380 g/mol. The molecule has 136 valence electrons. The molecule has 8 nitrogen and oxygen atoms in total. The summed E-state index contributed by atoms with van der Waals surface area (Å²) in [6.45, 7) is 4.03. The maximum absolute atomic E-state index is 11.8. The van der Waals surface area contributed by atoms with Gasteiger partial charge in [0, 0.05) is 12.4 Å². The Kier molecular flexibility index (Phi) is 4.51. The van der Waals surface area contributed by atoms with Crippen LogP contribution in [-0.4, -0.2) is 36.9 Å². The van der Waals surface area contributed by atoms with E-state index in [2.05, 4.69) is 25.3 Å². The topological polar surface area (TPSA) is 94.3 Å². The van der Waals surface area contributed by atoms with Crippen molar-refractivity contribution >= 4 is 34.0 Å². The van der Waals surface area contributed by atoms with Crippen molar-refractivity contribution < 1.29 is 9.53 Å². The molecule has 0 amide bonds. The maximum Gasteiger partial charge on any atom is 0.350 e. The largest absolute Gasteiger partial charge is 0.462 e. The van der Waals surface area contributed by atoms with Crippen molar-refractivity contribution in [2.45, 2.75) is 13.8 Å². The molecule has 0 spiro atoms. The first-order valence-electron chi connectivity index (χ1n) is 8.33. The van der Waals surface area contributed by atoms with E-state index in [-0.39, 0.29) is 5.97 Å². The molecule has 4 rings (SSSR count). The Labute approximate surface area is 158 Å². The molecule has 1 N–H and O–H groups in total. The predicted octanol–water partition coefficient (Wildman–Crippen LogP) is 3.48. The van der Waals surface area contributed by atoms with Crippen LogP contribution in [0.1, 0.15) is 22.3 Å². The fraction of sp³-hybridized carbons (Fsp3) is 0.167. The smallest absolute Gasteiger partial charge is 0.350 e. The summed E-state index contributed by atoms with van der Waals surface area (Å²) in [4.78, 5) is 29.8. The third-order valence-corrected chi connectivity index (χ3v) is 4.70. The molecule has 0 atom stereocenters. The number of carbonyl (C=O) groups excluding carboxylic acids is 1. The lowest BCUT2D eigenvalue weighted by atomic mass is 10.2. The number of aromatic nitrogens is 5. The van der Waals surface area contributed by atoms with Crippen molar-refractivity contribution in [3.63, 3.8) is 0 Å². The molecule has 0 aromatic carbocycles. The number of thiazole rings is 1. The standard InChI is InChI=1S/C18H16N6O2S/c1-3-26-16(25)13-10-20-18(27-13)23-17-19-8-7-12(22-17)15-11(2)21-14-6-4-5-9-24(14)15/h4-10H,3H2,1-2H3,(H,19,20,22,23). The number of rotatable bonds is 5. The van der Waals surface area contributed by atoms with Gasteiger partial charge in [-0.05, 0) is 32.0 Å². The number of pyridine rings is 1. The molecule has 0 saturated heterocycles. The highest BCUT2D eigenvalue weighted by molar-refractivity contribution is 7.17. The Morgan fingerprint density at radius 3 is 3.00 bits per heavy atom. The van der Waals surface area contributed by atoms with Gasteiger partial charge in [-0.15, -0.1) is 0 Å². The molecule has 0 bridgehead atoms. The normalized spacial score (nSPS) is 10.9. The molecule has 4 aromatic rings. The third kappa shape index (κ3) is 3.36. The number of hydrogen-bond donors (Lipinski definition) is 1. The van der Waals surface area contributed by atoms with Crippen molar-refractivity contribution in [3.05, 3.63) is 53.4 Å². The molecule has 0 unspecified atom stereocenters. The average Bonchev–Trinajstić information content (AvgIpc) is 3.25. The number of imidazole rings is 1. The maximum atomic E-state index is 11.8. The number of nitrogens with one attached hydrogen (secondary N) is 1. The molecule has 4 aromatic heterocycles. The Hall–Kier alpha value is -3.33. The van der Waals surface area contributed by atoms with Crippen molar-refractivity contribution in [2.75, 3.05) is 11.9 Å². The van der Waals surface area contributed by atoms with Crippen molar-refractivity contribution in [1.29, 1.82) is 0 Å². The van der Waals surface area contributed by atoms with E-state index < -0.39 is 0 Å². The van der Waals surface area contributed by atoms with Crippen LogP contribution in [0.15, 0.2) is 42.9 Å². The molecule has 0 aliphatic carbocycles. The fourth-order valence-electron chi connectivity index (χ4n) is 2.70. The van der Waals surface area contributed by atoms with Gasteiger partial charge < -0.3 is 10.1 Å². The second-order valence-corrected chi connectivity index (χ2v) is 6.65. The van der Waals surface area contributed by atoms with E-state index in [1.54, 1.807) is 13.1 Å². The van der Waals surface area contributed by atoms with E-state index in [1.807, 2.05) is 41.8 Å². The van der Waals surface area contributed by atoms with Gasteiger partial charge in [-0.3, -0.25) is 4.40 Å². The summed E-state index contributed by atoms with van der Waals surface area (Å²) in [7, 11) is 0. The molecule has 0 fully saturated rings. The number of nitrogens with zero attached hydrogens (tertiary/aromatic N) is 5. The van der Waals surface area contributed by atoms with Crippen LogP contribution in [0.3, 0.4) is 0 Å². The molecule has 0 aliphatic heterocycles. The zero-order valence-corrected chi connectivity index (χ0v) is 15.5. The summed E-state index contributed by atoms with van der Waals surface area (Å²) in [6.07, 6.45) is 5.10. The van der Waals surface area contributed by atoms with Gasteiger partial charge in [0.05, 0.1) is 29.9 Å². The molecule has 0 radical (unpaired) electrons. The van der Waals surface area contributed by atoms with Gasteiger partial charge in [-0.2, -0.15) is 0 Å². The summed E-state index contributed by atoms with van der Waals surface area (Å²) in [5.41, 5.74) is 3.38. The average molecular weight is 380 g/mol. The minimum Gasteiger partial charge on any atom is -0.462 e. The lowest BCUT2D eigenvalue weighted by molar-refractivity contribution is 0.0532. The van der Waals surface area contributed by atoms with Crippen LogP contribution in [0, 0.1) is 6.92 Å². The molecule has 0 saturated carbocycles. The van der Waals surface area contributed by atoms with Crippen molar-refractivity contribution in [1.82, 2.24) is 24.3 Å². The third-order valence-electron chi connectivity index (χ3n) is 3.80. The number of hydrogen-bond acceptors (Lipinski definition) is 8. The van der Waals surface area contributed by atoms with E-state index in [0.717, 1.165) is 22.7 Å². The van der Waals surface area contributed by atoms with E-state index >= 15 is 0 Å². The van der Waals surface area contributed by atoms with Gasteiger partial charge in [-0.25, -0.2) is 24.7 Å². The number of esters is 1. The molecule has 27 heavy (non-hydrogen) atoms. The summed E-state index contributed by atoms with van der Waals surface area (Å²) in [6, 6.07) is 7.68. The molecular formula is C18H16N6O2S. The fourth-order valence-corrected chi connectivity index (χ4v) is 3.40. The van der Waals surface area contributed by atoms with Crippen molar-refractivity contribution in [2.24, 2.45) is 0 Å². The minimum atomic E-state index is -0.390. The molecule has 9 heteroatoms. The van der Waals surface area contributed by atoms with Gasteiger partial charge in [0.1, 0.15) is 10.5 Å². The van der Waals surface area contributed by atoms with Crippen LogP contribution < -0.4 is 5.32 Å². The van der Waals surface area contributed by atoms with Gasteiger partial charge in [0.25, 0.3) is 0 Å². The molecule has 0 aliphatic rings. The predicted molar refractivity (Wildman–Crippen MR) is 102 cm³/mol. The first-order chi connectivity index (χ1) is 13.2. The summed E-state index contributed by atoms with van der Waals surface area (Å²) in [5, 5.41) is 3.56. The van der Waals surface area contributed by atoms with E-state index in [0.29, 0.717) is 22.6 Å². The zero-order chi connectivity index (χ0) is 18.8. The number of aryl methyl sites for hydroxylation is 1. The summed E-state index contributed by atoms with van der Waals surface area (Å²) < 4.78 is 6.97. The number of anilines is 2. The summed E-state index contributed by atoms with van der Waals surface area (Å²) >= 11 is 1.19. The lowest BCUT2D eigenvalue weighted by Gasteiger charge is -2.05. The summed E-state index contributed by atoms with van der Waals surface area (Å²) in [5.74, 6) is 0.00149. The molecule has 4 heterocycles. The number of carbonyl (C=O) groups is 1. The van der Waals surface area contributed by atoms with Crippen LogP contribution in [0.25, 0.3) is 17.0 Å². The highest BCUT2D eigenvalue weighted by Gasteiger charge is 2.15. The van der Waals surface area contributed by atoms with Gasteiger partial charge >= 0.3 is 5.97 Å². The quantitative estimate of drug-likeness (QED) is 0.530. The Morgan fingerprint density at radius 1 is 1.26 bits per heavy atom. The minimum absolute atomic E-state index is 0.323. The van der Waals surface area contributed by atoms with E-state index in [4.69, 9.17) is 4.74 Å². The SMILES string of the molecule is CCOC(=O)c1cnc(Nc2nccc(-c3c(C)nc4ccccn34)n2)s1. The van der Waals surface area contributed by atoms with Gasteiger partial charge in [0.15, 0.2) is 5.13 Å². The highest BCUT2D eigenvalue weighted by Crippen LogP contribution is 2.25. The van der Waals surface area contributed by atoms with Gasteiger partial charge in [-0.1, -0.05) is 17.4 Å². The van der Waals surface area contributed by atoms with Crippen LogP contribution in [0.4, 0.5) is 11.1 Å². The Bertz CT molecular complexity index is 1120. The second-order valence-electron chi connectivity index (χ2n) is 5.62. The van der Waals surface area contributed by atoms with E-state index in [9.17, 15) is 4.79 Å².